The zero-order valence-electron chi connectivity index (χ0n) is 19.5. The highest BCUT2D eigenvalue weighted by atomic mass is 35.5. The molecule has 184 valence electrons. The van der Waals surface area contributed by atoms with Crippen molar-refractivity contribution in [3.8, 4) is 11.4 Å². The summed E-state index contributed by atoms with van der Waals surface area (Å²) in [6.45, 7) is 1.48. The Hall–Kier alpha value is -3.36. The molecule has 0 atom stereocenters. The molecule has 9 heteroatoms. The minimum absolute atomic E-state index is 0.0529. The van der Waals surface area contributed by atoms with Crippen molar-refractivity contribution in [1.29, 1.82) is 0 Å². The fourth-order valence-electron chi connectivity index (χ4n) is 4.24. The Kier molecular flexibility index (Phi) is 6.98. The van der Waals surface area contributed by atoms with Gasteiger partial charge in [0.25, 0.3) is 11.5 Å². The molecule has 1 fully saturated rings. The number of amides is 1. The van der Waals surface area contributed by atoms with E-state index >= 15 is 0 Å². The zero-order chi connectivity index (χ0) is 25.2. The number of likely N-dealkylation sites (tertiary alicyclic amines) is 1. The van der Waals surface area contributed by atoms with Crippen LogP contribution in [0.2, 0.25) is 5.02 Å². The summed E-state index contributed by atoms with van der Waals surface area (Å²) in [5.74, 6) is 0.572. The first kappa shape index (κ1) is 24.3. The van der Waals surface area contributed by atoms with Gasteiger partial charge in [-0.2, -0.15) is 0 Å². The Morgan fingerprint density at radius 3 is 2.53 bits per heavy atom. The minimum atomic E-state index is -0.414. The number of hydrogen-bond acceptors (Lipinski definition) is 5. The highest BCUT2D eigenvalue weighted by Gasteiger charge is 2.21. The van der Waals surface area contributed by atoms with Gasteiger partial charge < -0.3 is 9.64 Å². The average molecular weight is 524 g/mol. The molecule has 1 saturated heterocycles. The summed E-state index contributed by atoms with van der Waals surface area (Å²) < 4.78 is 20.3. The van der Waals surface area contributed by atoms with Crippen LogP contribution >= 0.6 is 23.4 Å². The number of carbonyl (C=O) groups excluding carboxylic acids is 1. The third-order valence-corrected chi connectivity index (χ3v) is 7.52. The van der Waals surface area contributed by atoms with Gasteiger partial charge in [0.2, 0.25) is 0 Å². The van der Waals surface area contributed by atoms with Crippen LogP contribution in [0.5, 0.6) is 5.75 Å². The van der Waals surface area contributed by atoms with Crippen LogP contribution in [-0.4, -0.2) is 40.6 Å². The number of hydrogen-bond donors (Lipinski definition) is 0. The summed E-state index contributed by atoms with van der Waals surface area (Å²) in [5, 5.41) is 1.15. The smallest absolute Gasteiger partial charge is 0.266 e. The molecule has 1 aliphatic rings. The van der Waals surface area contributed by atoms with Gasteiger partial charge in [-0.3, -0.25) is 14.2 Å². The van der Waals surface area contributed by atoms with E-state index in [1.165, 1.54) is 28.5 Å². The molecular formula is C27H23ClFN3O3S. The number of fused-ring (bicyclic) bond motifs is 1. The van der Waals surface area contributed by atoms with Crippen LogP contribution in [0.3, 0.4) is 0 Å². The van der Waals surface area contributed by atoms with E-state index in [2.05, 4.69) is 0 Å². The third kappa shape index (κ3) is 4.83. The second-order valence-corrected chi connectivity index (χ2v) is 9.84. The van der Waals surface area contributed by atoms with E-state index in [9.17, 15) is 14.0 Å². The number of methoxy groups -OCH3 is 1. The van der Waals surface area contributed by atoms with Crippen LogP contribution in [0, 0.1) is 5.82 Å². The van der Waals surface area contributed by atoms with Crippen molar-refractivity contribution in [2.75, 3.05) is 20.2 Å². The second-order valence-electron chi connectivity index (χ2n) is 8.49. The molecule has 0 saturated carbocycles. The number of carbonyl (C=O) groups is 1. The van der Waals surface area contributed by atoms with Crippen LogP contribution in [-0.2, 0) is 5.75 Å². The van der Waals surface area contributed by atoms with Crippen molar-refractivity contribution in [3.05, 3.63) is 93.0 Å². The number of thioether (sulfide) groups is 1. The Bertz CT molecular complexity index is 1500. The fraction of sp³-hybridized carbons (Fsp3) is 0.222. The summed E-state index contributed by atoms with van der Waals surface area (Å²) in [6, 6.07) is 16.4. The van der Waals surface area contributed by atoms with E-state index in [0.29, 0.717) is 43.8 Å². The van der Waals surface area contributed by atoms with Crippen LogP contribution in [0.1, 0.15) is 28.8 Å². The maximum atomic E-state index is 13.7. The number of nitrogens with zero attached hydrogens (tertiary/aromatic N) is 3. The molecule has 5 rings (SSSR count). The lowest BCUT2D eigenvalue weighted by Crippen LogP contribution is -2.28. The average Bonchev–Trinajstić information content (AvgIpc) is 3.43. The number of rotatable bonds is 6. The van der Waals surface area contributed by atoms with Gasteiger partial charge in [0, 0.05) is 29.4 Å². The molecule has 4 aromatic rings. The molecular weight excluding hydrogens is 501 g/mol. The van der Waals surface area contributed by atoms with E-state index in [1.54, 1.807) is 55.6 Å². The van der Waals surface area contributed by atoms with Gasteiger partial charge in [0.15, 0.2) is 5.16 Å². The number of ether oxygens (including phenoxy) is 1. The van der Waals surface area contributed by atoms with Crippen molar-refractivity contribution in [3.63, 3.8) is 0 Å². The number of halogens is 2. The van der Waals surface area contributed by atoms with E-state index in [4.69, 9.17) is 21.3 Å². The SMILES string of the molecule is COc1ccc(-n2c(SCc3ccc(F)cc3Cl)nc3cc(C(=O)N4CCCC4)ccc3c2=O)cc1. The van der Waals surface area contributed by atoms with Gasteiger partial charge in [-0.05, 0) is 73.0 Å². The topological polar surface area (TPSA) is 64.4 Å². The summed E-state index contributed by atoms with van der Waals surface area (Å²) in [6.07, 6.45) is 1.99. The van der Waals surface area contributed by atoms with Gasteiger partial charge in [-0.25, -0.2) is 9.37 Å². The highest BCUT2D eigenvalue weighted by molar-refractivity contribution is 7.98. The molecule has 0 bridgehead atoms. The zero-order valence-corrected chi connectivity index (χ0v) is 21.1. The lowest BCUT2D eigenvalue weighted by molar-refractivity contribution is 0.0793. The Morgan fingerprint density at radius 1 is 1.08 bits per heavy atom. The molecule has 0 spiro atoms. The normalized spacial score (nSPS) is 13.4. The minimum Gasteiger partial charge on any atom is -0.497 e. The van der Waals surface area contributed by atoms with Gasteiger partial charge in [-0.1, -0.05) is 29.4 Å². The molecule has 1 aromatic heterocycles. The van der Waals surface area contributed by atoms with Gasteiger partial charge >= 0.3 is 0 Å². The molecule has 0 radical (unpaired) electrons. The van der Waals surface area contributed by atoms with Crippen molar-refractivity contribution in [2.45, 2.75) is 23.8 Å². The lowest BCUT2D eigenvalue weighted by atomic mass is 10.1. The number of aromatic nitrogens is 2. The Morgan fingerprint density at radius 2 is 1.83 bits per heavy atom. The first-order chi connectivity index (χ1) is 17.4. The van der Waals surface area contributed by atoms with Crippen LogP contribution in [0.4, 0.5) is 4.39 Å². The van der Waals surface area contributed by atoms with Gasteiger partial charge in [0.05, 0.1) is 23.7 Å². The van der Waals surface area contributed by atoms with E-state index in [1.807, 2.05) is 4.90 Å². The number of benzene rings is 3. The van der Waals surface area contributed by atoms with Crippen LogP contribution < -0.4 is 10.3 Å². The van der Waals surface area contributed by atoms with Crippen molar-refractivity contribution in [2.24, 2.45) is 0 Å². The molecule has 1 aliphatic heterocycles. The fourth-order valence-corrected chi connectivity index (χ4v) is 5.57. The van der Waals surface area contributed by atoms with Gasteiger partial charge in [-0.15, -0.1) is 0 Å². The van der Waals surface area contributed by atoms with Crippen molar-refractivity contribution < 1.29 is 13.9 Å². The maximum absolute atomic E-state index is 13.7. The summed E-state index contributed by atoms with van der Waals surface area (Å²) in [4.78, 5) is 33.2. The first-order valence-corrected chi connectivity index (χ1v) is 12.9. The van der Waals surface area contributed by atoms with E-state index < -0.39 is 5.82 Å². The highest BCUT2D eigenvalue weighted by Crippen LogP contribution is 2.29. The third-order valence-electron chi connectivity index (χ3n) is 6.18. The molecule has 0 aliphatic carbocycles. The van der Waals surface area contributed by atoms with E-state index in [-0.39, 0.29) is 11.5 Å². The molecule has 0 N–H and O–H groups in total. The standard InChI is InChI=1S/C27H23ClFN3O3S/c1-35-21-9-7-20(8-10-21)32-26(34)22-11-5-17(25(33)31-12-2-3-13-31)14-24(22)30-27(32)36-16-18-4-6-19(29)15-23(18)28/h4-11,14-15H,2-3,12-13,16H2,1H3. The quantitative estimate of drug-likeness (QED) is 0.239. The monoisotopic (exact) mass is 523 g/mol. The molecule has 3 aromatic carbocycles. The van der Waals surface area contributed by atoms with Crippen LogP contribution in [0.15, 0.2) is 70.6 Å². The summed E-state index contributed by atoms with van der Waals surface area (Å²) >= 11 is 7.54. The molecule has 1 amide bonds. The molecule has 6 nitrogen and oxygen atoms in total. The van der Waals surface area contributed by atoms with E-state index in [0.717, 1.165) is 31.5 Å². The largest absolute Gasteiger partial charge is 0.497 e. The van der Waals surface area contributed by atoms with Crippen LogP contribution in [0.25, 0.3) is 16.6 Å². The Labute approximate surface area is 216 Å². The summed E-state index contributed by atoms with van der Waals surface area (Å²) in [7, 11) is 1.58. The Balaban J connectivity index is 1.60. The lowest BCUT2D eigenvalue weighted by Gasteiger charge is -2.17. The van der Waals surface area contributed by atoms with Crippen molar-refractivity contribution in [1.82, 2.24) is 14.5 Å². The van der Waals surface area contributed by atoms with Crippen molar-refractivity contribution >= 4 is 40.2 Å². The first-order valence-electron chi connectivity index (χ1n) is 11.5. The predicted octanol–water partition coefficient (Wildman–Crippen LogP) is 5.72. The molecule has 0 unspecified atom stereocenters. The molecule has 36 heavy (non-hydrogen) atoms. The predicted molar refractivity (Wildman–Crippen MR) is 140 cm³/mol. The summed E-state index contributed by atoms with van der Waals surface area (Å²) in [5.41, 5.74) is 2.05. The second kappa shape index (κ2) is 10.3. The molecule has 2 heterocycles. The van der Waals surface area contributed by atoms with Gasteiger partial charge in [0.1, 0.15) is 11.6 Å². The maximum Gasteiger partial charge on any atom is 0.266 e.